The second-order valence-corrected chi connectivity index (χ2v) is 3.58. The fourth-order valence-corrected chi connectivity index (χ4v) is 1.53. The van der Waals surface area contributed by atoms with Crippen LogP contribution in [0, 0.1) is 0 Å². The summed E-state index contributed by atoms with van der Waals surface area (Å²) in [6.07, 6.45) is -4.19. The number of carbonyl (C=O) groups excluding carboxylic acids is 2. The molecule has 18 heavy (non-hydrogen) atoms. The topological polar surface area (TPSA) is 165 Å². The number of ketones is 1. The highest BCUT2D eigenvalue weighted by Crippen LogP contribution is 2.35. The standard InChI is InChI=1S/C9H12O9/c10-1-3(12)6(15)9(4(13)2-11)7(16)5(14)8(17)18-9/h3-4,10-14,16H,1-2H2/t3?,4-,9-/m0/s1. The lowest BCUT2D eigenvalue weighted by molar-refractivity contribution is -0.178. The van der Waals surface area contributed by atoms with Crippen LogP contribution in [0.1, 0.15) is 0 Å². The van der Waals surface area contributed by atoms with Gasteiger partial charge in [0.25, 0.3) is 5.60 Å². The minimum Gasteiger partial charge on any atom is -0.505 e. The highest BCUT2D eigenvalue weighted by Gasteiger charge is 2.60. The van der Waals surface area contributed by atoms with Crippen molar-refractivity contribution in [2.45, 2.75) is 17.8 Å². The first-order chi connectivity index (χ1) is 8.32. The third kappa shape index (κ3) is 1.82. The maximum Gasteiger partial charge on any atom is 0.378 e. The van der Waals surface area contributed by atoms with Crippen molar-refractivity contribution in [1.82, 2.24) is 0 Å². The van der Waals surface area contributed by atoms with Crippen molar-refractivity contribution in [2.75, 3.05) is 13.2 Å². The van der Waals surface area contributed by atoms with E-state index >= 15 is 0 Å². The van der Waals surface area contributed by atoms with Crippen molar-refractivity contribution in [3.8, 4) is 0 Å². The molecule has 102 valence electrons. The molecular weight excluding hydrogens is 252 g/mol. The Morgan fingerprint density at radius 3 is 2.11 bits per heavy atom. The van der Waals surface area contributed by atoms with Crippen molar-refractivity contribution in [2.24, 2.45) is 0 Å². The average molecular weight is 264 g/mol. The van der Waals surface area contributed by atoms with Crippen molar-refractivity contribution in [3.63, 3.8) is 0 Å². The van der Waals surface area contributed by atoms with Crippen LogP contribution in [0.5, 0.6) is 0 Å². The Morgan fingerprint density at radius 2 is 1.78 bits per heavy atom. The molecule has 1 rings (SSSR count). The Bertz CT molecular complexity index is 401. The third-order valence-electron chi connectivity index (χ3n) is 2.51. The van der Waals surface area contributed by atoms with Gasteiger partial charge < -0.3 is 35.4 Å². The molecule has 0 aliphatic carbocycles. The van der Waals surface area contributed by atoms with Gasteiger partial charge in [-0.05, 0) is 0 Å². The van der Waals surface area contributed by atoms with Gasteiger partial charge in [0.05, 0.1) is 13.2 Å². The SMILES string of the molecule is O=C1O[C@](C(=O)C(O)CO)([C@@H](O)CO)C(O)=C1O. The van der Waals surface area contributed by atoms with Crippen LogP contribution >= 0.6 is 0 Å². The summed E-state index contributed by atoms with van der Waals surface area (Å²) in [4.78, 5) is 22.8. The second-order valence-electron chi connectivity index (χ2n) is 3.58. The van der Waals surface area contributed by atoms with E-state index in [4.69, 9.17) is 15.3 Å². The summed E-state index contributed by atoms with van der Waals surface area (Å²) >= 11 is 0. The number of esters is 1. The van der Waals surface area contributed by atoms with Gasteiger partial charge >= 0.3 is 5.97 Å². The molecule has 0 saturated carbocycles. The fourth-order valence-electron chi connectivity index (χ4n) is 1.53. The Labute approximate surface area is 100 Å². The summed E-state index contributed by atoms with van der Waals surface area (Å²) in [5.41, 5.74) is -2.82. The number of rotatable bonds is 5. The summed E-state index contributed by atoms with van der Waals surface area (Å²) in [6.45, 7) is -2.17. The van der Waals surface area contributed by atoms with E-state index in [1.807, 2.05) is 0 Å². The predicted octanol–water partition coefficient (Wildman–Crippen LogP) is -3.11. The number of ether oxygens (including phenoxy) is 1. The molecule has 0 aromatic rings. The normalized spacial score (nSPS) is 27.0. The first kappa shape index (κ1) is 14.4. The zero-order chi connectivity index (χ0) is 14.1. The van der Waals surface area contributed by atoms with E-state index < -0.39 is 54.3 Å². The van der Waals surface area contributed by atoms with Crippen LogP contribution in [0.4, 0.5) is 0 Å². The Morgan fingerprint density at radius 1 is 1.22 bits per heavy atom. The second kappa shape index (κ2) is 4.90. The molecule has 1 heterocycles. The molecule has 0 aromatic heterocycles. The Kier molecular flexibility index (Phi) is 3.92. The number of Topliss-reactive ketones (excluding diaryl/α,β-unsaturated/α-hetero) is 1. The number of carbonyl (C=O) groups is 2. The average Bonchev–Trinajstić information content (AvgIpc) is 2.61. The zero-order valence-corrected chi connectivity index (χ0v) is 8.98. The molecule has 1 unspecified atom stereocenters. The van der Waals surface area contributed by atoms with Gasteiger partial charge in [0, 0.05) is 0 Å². The molecule has 3 atom stereocenters. The van der Waals surface area contributed by atoms with Gasteiger partial charge in [-0.15, -0.1) is 0 Å². The van der Waals surface area contributed by atoms with Gasteiger partial charge in [-0.25, -0.2) is 4.79 Å². The van der Waals surface area contributed by atoms with E-state index in [1.165, 1.54) is 0 Å². The van der Waals surface area contributed by atoms with Crippen molar-refractivity contribution in [3.05, 3.63) is 11.5 Å². The van der Waals surface area contributed by atoms with Gasteiger partial charge in [0.15, 0.2) is 5.76 Å². The highest BCUT2D eigenvalue weighted by molar-refractivity contribution is 6.02. The number of hydrogen-bond donors (Lipinski definition) is 6. The summed E-state index contributed by atoms with van der Waals surface area (Å²) in [6, 6.07) is 0. The van der Waals surface area contributed by atoms with Gasteiger partial charge in [-0.3, -0.25) is 4.79 Å². The molecule has 0 radical (unpaired) electrons. The number of aliphatic hydroxyl groups is 6. The maximum absolute atomic E-state index is 11.7. The van der Waals surface area contributed by atoms with E-state index in [0.29, 0.717) is 0 Å². The number of aliphatic hydroxyl groups excluding tert-OH is 6. The molecule has 9 heteroatoms. The van der Waals surface area contributed by atoms with Gasteiger partial charge in [0.2, 0.25) is 11.5 Å². The first-order valence-corrected chi connectivity index (χ1v) is 4.81. The van der Waals surface area contributed by atoms with Gasteiger partial charge in [-0.1, -0.05) is 0 Å². The molecule has 0 amide bonds. The Balaban J connectivity index is 3.31. The van der Waals surface area contributed by atoms with Crippen LogP contribution in [0.15, 0.2) is 11.5 Å². The minimum absolute atomic E-state index is 1.07. The molecule has 0 aromatic carbocycles. The summed E-state index contributed by atoms with van der Waals surface area (Å²) < 4.78 is 4.37. The predicted molar refractivity (Wildman–Crippen MR) is 52.3 cm³/mol. The largest absolute Gasteiger partial charge is 0.505 e. The monoisotopic (exact) mass is 264 g/mol. The van der Waals surface area contributed by atoms with Crippen LogP contribution in [0.2, 0.25) is 0 Å². The van der Waals surface area contributed by atoms with Crippen LogP contribution in [-0.4, -0.2) is 73.4 Å². The van der Waals surface area contributed by atoms with Crippen LogP contribution < -0.4 is 0 Å². The van der Waals surface area contributed by atoms with E-state index in [0.717, 1.165) is 0 Å². The highest BCUT2D eigenvalue weighted by atomic mass is 16.6. The molecule has 1 aliphatic rings. The third-order valence-corrected chi connectivity index (χ3v) is 2.51. The lowest BCUT2D eigenvalue weighted by Gasteiger charge is -2.31. The maximum atomic E-state index is 11.7. The molecule has 0 saturated heterocycles. The first-order valence-electron chi connectivity index (χ1n) is 4.81. The molecule has 0 spiro atoms. The Hall–Kier alpha value is -1.68. The summed E-state index contributed by atoms with van der Waals surface area (Å²) in [7, 11) is 0. The minimum atomic E-state index is -2.82. The number of cyclic esters (lactones) is 1. The molecule has 0 bridgehead atoms. The molecule has 1 aliphatic heterocycles. The van der Waals surface area contributed by atoms with Gasteiger partial charge in [-0.2, -0.15) is 0 Å². The zero-order valence-electron chi connectivity index (χ0n) is 8.98. The smallest absolute Gasteiger partial charge is 0.378 e. The van der Waals surface area contributed by atoms with E-state index in [2.05, 4.69) is 4.74 Å². The lowest BCUT2D eigenvalue weighted by Crippen LogP contribution is -2.57. The molecule has 6 N–H and O–H groups in total. The molecular formula is C9H12O9. The summed E-state index contributed by atoms with van der Waals surface area (Å²) in [5.74, 6) is -5.62. The van der Waals surface area contributed by atoms with Crippen molar-refractivity contribution >= 4 is 11.8 Å². The van der Waals surface area contributed by atoms with Crippen LogP contribution in [0.3, 0.4) is 0 Å². The van der Waals surface area contributed by atoms with Crippen LogP contribution in [0.25, 0.3) is 0 Å². The lowest BCUT2D eigenvalue weighted by atomic mass is 9.87. The van der Waals surface area contributed by atoms with Crippen LogP contribution in [-0.2, 0) is 14.3 Å². The van der Waals surface area contributed by atoms with E-state index in [1.54, 1.807) is 0 Å². The molecule has 0 fully saturated rings. The van der Waals surface area contributed by atoms with E-state index in [9.17, 15) is 24.9 Å². The summed E-state index contributed by atoms with van der Waals surface area (Å²) in [5, 5.41) is 54.7. The van der Waals surface area contributed by atoms with Crippen molar-refractivity contribution in [1.29, 1.82) is 0 Å². The quantitative estimate of drug-likeness (QED) is 0.282. The number of hydrogen-bond acceptors (Lipinski definition) is 9. The fraction of sp³-hybridized carbons (Fsp3) is 0.556. The van der Waals surface area contributed by atoms with E-state index in [-0.39, 0.29) is 0 Å². The van der Waals surface area contributed by atoms with Crippen molar-refractivity contribution < 1.29 is 45.0 Å². The molecule has 9 nitrogen and oxygen atoms in total. The van der Waals surface area contributed by atoms with Gasteiger partial charge in [0.1, 0.15) is 12.2 Å².